The van der Waals surface area contributed by atoms with Gasteiger partial charge in [0.15, 0.2) is 0 Å². The van der Waals surface area contributed by atoms with Crippen LogP contribution in [0.4, 0.5) is 0 Å². The van der Waals surface area contributed by atoms with Gasteiger partial charge in [-0.25, -0.2) is 0 Å². The number of hydrogen-bond acceptors (Lipinski definition) is 2. The van der Waals surface area contributed by atoms with Gasteiger partial charge in [-0.05, 0) is 18.8 Å². The van der Waals surface area contributed by atoms with Crippen LogP contribution in [-0.2, 0) is 4.79 Å². The molecular weight excluding hydrogens is 188 g/mol. The third kappa shape index (κ3) is 4.35. The van der Waals surface area contributed by atoms with Gasteiger partial charge >= 0.3 is 0 Å². The summed E-state index contributed by atoms with van der Waals surface area (Å²) in [4.78, 5) is 11.6. The molecule has 3 heteroatoms. The van der Waals surface area contributed by atoms with Crippen LogP contribution >= 0.6 is 0 Å². The van der Waals surface area contributed by atoms with E-state index in [4.69, 9.17) is 12.2 Å². The maximum Gasteiger partial charge on any atom is 0.238 e. The van der Waals surface area contributed by atoms with Crippen molar-refractivity contribution < 1.29 is 4.79 Å². The van der Waals surface area contributed by atoms with E-state index < -0.39 is 6.04 Å². The van der Waals surface area contributed by atoms with E-state index in [1.807, 2.05) is 0 Å². The van der Waals surface area contributed by atoms with Crippen LogP contribution in [0.25, 0.3) is 0 Å². The van der Waals surface area contributed by atoms with Crippen molar-refractivity contribution in [1.29, 1.82) is 0 Å². The Labute approximate surface area is 91.8 Å². The largest absolute Gasteiger partial charge is 0.352 e. The fourth-order valence-corrected chi connectivity index (χ4v) is 1.61. The first kappa shape index (κ1) is 12.1. The molecular formula is C12H20N2O. The molecule has 0 radical (unpaired) electrons. The molecule has 15 heavy (non-hydrogen) atoms. The highest BCUT2D eigenvalue weighted by Crippen LogP contribution is 2.33. The number of nitrogens with one attached hydrogen (secondary N) is 1. The lowest BCUT2D eigenvalue weighted by Crippen LogP contribution is -2.45. The molecule has 1 aliphatic rings. The molecule has 0 aromatic heterocycles. The highest BCUT2D eigenvalue weighted by atomic mass is 16.2. The van der Waals surface area contributed by atoms with Gasteiger partial charge in [-0.1, -0.05) is 19.8 Å². The summed E-state index contributed by atoms with van der Waals surface area (Å²) in [5.74, 6) is 3.11. The maximum atomic E-state index is 11.6. The summed E-state index contributed by atoms with van der Waals surface area (Å²) in [5.41, 5.74) is 5.62. The molecule has 1 saturated carbocycles. The van der Waals surface area contributed by atoms with Crippen molar-refractivity contribution in [3.8, 4) is 12.3 Å². The van der Waals surface area contributed by atoms with E-state index in [0.29, 0.717) is 6.42 Å². The lowest BCUT2D eigenvalue weighted by Gasteiger charge is -2.18. The first-order valence-electron chi connectivity index (χ1n) is 5.66. The molecule has 1 rings (SSSR count). The first-order valence-corrected chi connectivity index (χ1v) is 5.66. The summed E-state index contributed by atoms with van der Waals surface area (Å²) < 4.78 is 0. The summed E-state index contributed by atoms with van der Waals surface area (Å²) >= 11 is 0. The van der Waals surface area contributed by atoms with Crippen LogP contribution in [0.5, 0.6) is 0 Å². The smallest absolute Gasteiger partial charge is 0.238 e. The molecule has 2 atom stereocenters. The zero-order valence-electron chi connectivity index (χ0n) is 9.33. The molecule has 3 nitrogen and oxygen atoms in total. The van der Waals surface area contributed by atoms with Crippen molar-refractivity contribution in [2.75, 3.05) is 0 Å². The standard InChI is InChI=1S/C12H20N2O/c1-3-5-11(13)12(15)14-10(4-2)8-9-6-7-9/h1,9-11H,4-8,13H2,2H3,(H,14,15). The minimum Gasteiger partial charge on any atom is -0.352 e. The molecule has 0 heterocycles. The molecule has 2 unspecified atom stereocenters. The molecule has 0 aromatic carbocycles. The van der Waals surface area contributed by atoms with Gasteiger partial charge in [-0.15, -0.1) is 12.3 Å². The summed E-state index contributed by atoms with van der Waals surface area (Å²) in [6.45, 7) is 2.08. The topological polar surface area (TPSA) is 55.1 Å². The Hall–Kier alpha value is -1.01. The molecule has 0 aromatic rings. The lowest BCUT2D eigenvalue weighted by molar-refractivity contribution is -0.123. The van der Waals surface area contributed by atoms with Crippen LogP contribution in [-0.4, -0.2) is 18.0 Å². The molecule has 1 fully saturated rings. The number of carbonyl (C=O) groups excluding carboxylic acids is 1. The molecule has 1 aliphatic carbocycles. The number of nitrogens with two attached hydrogens (primary N) is 1. The molecule has 0 spiro atoms. The van der Waals surface area contributed by atoms with Crippen LogP contribution < -0.4 is 11.1 Å². The van der Waals surface area contributed by atoms with Gasteiger partial charge in [0.25, 0.3) is 0 Å². The molecule has 0 bridgehead atoms. The highest BCUT2D eigenvalue weighted by molar-refractivity contribution is 5.82. The van der Waals surface area contributed by atoms with Gasteiger partial charge in [0.05, 0.1) is 6.04 Å². The Balaban J connectivity index is 2.29. The fraction of sp³-hybridized carbons (Fsp3) is 0.750. The number of carbonyl (C=O) groups is 1. The van der Waals surface area contributed by atoms with Gasteiger partial charge in [-0.2, -0.15) is 0 Å². The van der Waals surface area contributed by atoms with E-state index in [1.54, 1.807) is 0 Å². The summed E-state index contributed by atoms with van der Waals surface area (Å²) in [5, 5.41) is 2.96. The summed E-state index contributed by atoms with van der Waals surface area (Å²) in [6, 6.07) is -0.280. The summed E-state index contributed by atoms with van der Waals surface area (Å²) in [6.07, 6.45) is 10.1. The molecule has 3 N–H and O–H groups in total. The second-order valence-electron chi connectivity index (χ2n) is 4.31. The minimum atomic E-state index is -0.553. The predicted octanol–water partition coefficient (Wildman–Crippen LogP) is 1.03. The van der Waals surface area contributed by atoms with Crippen LogP contribution in [0.2, 0.25) is 0 Å². The average Bonchev–Trinajstić information content (AvgIpc) is 3.00. The lowest BCUT2D eigenvalue weighted by atomic mass is 10.1. The Bertz CT molecular complexity index is 253. The second kappa shape index (κ2) is 5.77. The zero-order valence-corrected chi connectivity index (χ0v) is 9.33. The SMILES string of the molecule is C#CCC(N)C(=O)NC(CC)CC1CC1. The number of terminal acetylenes is 1. The maximum absolute atomic E-state index is 11.6. The van der Waals surface area contributed by atoms with Crippen molar-refractivity contribution in [3.63, 3.8) is 0 Å². The van der Waals surface area contributed by atoms with Gasteiger partial charge in [-0.3, -0.25) is 4.79 Å². The predicted molar refractivity (Wildman–Crippen MR) is 61.0 cm³/mol. The van der Waals surface area contributed by atoms with Gasteiger partial charge in [0.1, 0.15) is 0 Å². The van der Waals surface area contributed by atoms with E-state index in [-0.39, 0.29) is 11.9 Å². The number of rotatable bonds is 6. The number of hydrogen-bond donors (Lipinski definition) is 2. The Kier molecular flexibility index (Phi) is 4.64. The van der Waals surface area contributed by atoms with Crippen molar-refractivity contribution in [2.45, 2.75) is 51.1 Å². The molecule has 84 valence electrons. The van der Waals surface area contributed by atoms with Crippen molar-refractivity contribution >= 4 is 5.91 Å². The monoisotopic (exact) mass is 208 g/mol. The zero-order chi connectivity index (χ0) is 11.3. The van der Waals surface area contributed by atoms with Gasteiger partial charge in [0.2, 0.25) is 5.91 Å². The quantitative estimate of drug-likeness (QED) is 0.641. The van der Waals surface area contributed by atoms with Crippen molar-refractivity contribution in [2.24, 2.45) is 11.7 Å². The van der Waals surface area contributed by atoms with E-state index in [0.717, 1.165) is 18.8 Å². The normalized spacial score (nSPS) is 19.0. The molecule has 1 amide bonds. The van der Waals surface area contributed by atoms with Crippen LogP contribution in [0.3, 0.4) is 0 Å². The molecule has 0 saturated heterocycles. The average molecular weight is 208 g/mol. The van der Waals surface area contributed by atoms with Gasteiger partial charge < -0.3 is 11.1 Å². The van der Waals surface area contributed by atoms with Crippen LogP contribution in [0, 0.1) is 18.3 Å². The molecule has 0 aliphatic heterocycles. The van der Waals surface area contributed by atoms with E-state index in [9.17, 15) is 4.79 Å². The second-order valence-corrected chi connectivity index (χ2v) is 4.31. The van der Waals surface area contributed by atoms with Crippen molar-refractivity contribution in [3.05, 3.63) is 0 Å². The van der Waals surface area contributed by atoms with E-state index in [2.05, 4.69) is 18.2 Å². The summed E-state index contributed by atoms with van der Waals surface area (Å²) in [7, 11) is 0. The van der Waals surface area contributed by atoms with E-state index in [1.165, 1.54) is 12.8 Å². The Morgan fingerprint density at radius 3 is 2.80 bits per heavy atom. The van der Waals surface area contributed by atoms with E-state index >= 15 is 0 Å². The third-order valence-electron chi connectivity index (χ3n) is 2.83. The van der Waals surface area contributed by atoms with Crippen LogP contribution in [0.15, 0.2) is 0 Å². The van der Waals surface area contributed by atoms with Crippen LogP contribution in [0.1, 0.15) is 39.0 Å². The fourth-order valence-electron chi connectivity index (χ4n) is 1.61. The highest BCUT2D eigenvalue weighted by Gasteiger charge is 2.26. The third-order valence-corrected chi connectivity index (χ3v) is 2.83. The number of amides is 1. The first-order chi connectivity index (χ1) is 7.17. The Morgan fingerprint density at radius 1 is 1.67 bits per heavy atom. The minimum absolute atomic E-state index is 0.111. The Morgan fingerprint density at radius 2 is 2.33 bits per heavy atom. The van der Waals surface area contributed by atoms with Gasteiger partial charge in [0, 0.05) is 12.5 Å². The van der Waals surface area contributed by atoms with Crippen molar-refractivity contribution in [1.82, 2.24) is 5.32 Å².